The van der Waals surface area contributed by atoms with Gasteiger partial charge in [0.05, 0.1) is 0 Å². The first kappa shape index (κ1) is 16.1. The van der Waals surface area contributed by atoms with Gasteiger partial charge in [-0.05, 0) is 45.5 Å². The van der Waals surface area contributed by atoms with E-state index in [9.17, 15) is 0 Å². The lowest BCUT2D eigenvalue weighted by atomic mass is 10.1. The van der Waals surface area contributed by atoms with E-state index in [0.717, 1.165) is 31.1 Å². The fourth-order valence-corrected chi connectivity index (χ4v) is 2.68. The molecular weight excluding hydrogens is 264 g/mol. The number of benzene rings is 1. The molecule has 1 atom stereocenters. The molecule has 118 valence electrons. The largest absolute Gasteiger partial charge is 0.454 e. The first-order valence-corrected chi connectivity index (χ1v) is 8.07. The molecule has 0 aromatic heterocycles. The monoisotopic (exact) mass is 292 g/mol. The van der Waals surface area contributed by atoms with Crippen molar-refractivity contribution in [3.63, 3.8) is 0 Å². The second-order valence-electron chi connectivity index (χ2n) is 5.60. The Balaban J connectivity index is 1.72. The number of nitrogens with zero attached hydrogens (tertiary/aromatic N) is 1. The molecule has 1 aromatic rings. The molecule has 0 radical (unpaired) electrons. The zero-order valence-corrected chi connectivity index (χ0v) is 13.5. The third kappa shape index (κ3) is 4.61. The van der Waals surface area contributed by atoms with Crippen LogP contribution in [0.15, 0.2) is 18.2 Å². The van der Waals surface area contributed by atoms with Gasteiger partial charge in [0.2, 0.25) is 6.79 Å². The predicted octanol–water partition coefficient (Wildman–Crippen LogP) is 3.02. The zero-order valence-electron chi connectivity index (χ0n) is 13.5. The second-order valence-corrected chi connectivity index (χ2v) is 5.60. The first-order chi connectivity index (χ1) is 10.2. The van der Waals surface area contributed by atoms with Crippen LogP contribution in [-0.2, 0) is 6.54 Å². The van der Waals surface area contributed by atoms with Gasteiger partial charge in [-0.2, -0.15) is 0 Å². The Morgan fingerprint density at radius 1 is 1.24 bits per heavy atom. The van der Waals surface area contributed by atoms with Crippen molar-refractivity contribution < 1.29 is 9.47 Å². The average molecular weight is 292 g/mol. The smallest absolute Gasteiger partial charge is 0.231 e. The van der Waals surface area contributed by atoms with Crippen LogP contribution in [0.25, 0.3) is 0 Å². The number of hydrogen-bond donors (Lipinski definition) is 1. The van der Waals surface area contributed by atoms with E-state index in [0.29, 0.717) is 12.8 Å². The van der Waals surface area contributed by atoms with Gasteiger partial charge in [0, 0.05) is 18.2 Å². The molecular formula is C17H28N2O2. The van der Waals surface area contributed by atoms with E-state index in [-0.39, 0.29) is 0 Å². The molecule has 1 aliphatic heterocycles. The molecule has 0 amide bonds. The summed E-state index contributed by atoms with van der Waals surface area (Å²) in [5.74, 6) is 1.77. The van der Waals surface area contributed by atoms with E-state index in [1.165, 1.54) is 24.9 Å². The molecule has 4 heteroatoms. The van der Waals surface area contributed by atoms with Crippen molar-refractivity contribution in [1.29, 1.82) is 0 Å². The number of hydrogen-bond acceptors (Lipinski definition) is 4. The summed E-state index contributed by atoms with van der Waals surface area (Å²) in [4.78, 5) is 2.47. The number of fused-ring (bicyclic) bond motifs is 1. The summed E-state index contributed by atoms with van der Waals surface area (Å²) in [6.07, 6.45) is 2.44. The topological polar surface area (TPSA) is 33.7 Å². The fraction of sp³-hybridized carbons (Fsp3) is 0.647. The summed E-state index contributed by atoms with van der Waals surface area (Å²) < 4.78 is 10.9. The second kappa shape index (κ2) is 8.25. The Morgan fingerprint density at radius 2 is 2.05 bits per heavy atom. The summed E-state index contributed by atoms with van der Waals surface area (Å²) in [6.45, 7) is 11.4. The maximum atomic E-state index is 5.53. The molecule has 0 saturated heterocycles. The van der Waals surface area contributed by atoms with Gasteiger partial charge in [-0.15, -0.1) is 0 Å². The SMILES string of the molecule is CCN(CC)CCCC(C)NCc1cccc2c1OCO2. The lowest BCUT2D eigenvalue weighted by Crippen LogP contribution is -2.28. The highest BCUT2D eigenvalue weighted by molar-refractivity contribution is 5.48. The van der Waals surface area contributed by atoms with Crippen molar-refractivity contribution in [2.75, 3.05) is 26.4 Å². The fourth-order valence-electron chi connectivity index (χ4n) is 2.68. The lowest BCUT2D eigenvalue weighted by Gasteiger charge is -2.20. The predicted molar refractivity (Wildman–Crippen MR) is 85.9 cm³/mol. The molecule has 1 aliphatic rings. The van der Waals surface area contributed by atoms with Gasteiger partial charge in [0.1, 0.15) is 0 Å². The van der Waals surface area contributed by atoms with Crippen molar-refractivity contribution >= 4 is 0 Å². The molecule has 0 saturated carbocycles. The molecule has 4 nitrogen and oxygen atoms in total. The minimum atomic E-state index is 0.339. The highest BCUT2D eigenvalue weighted by atomic mass is 16.7. The molecule has 0 aliphatic carbocycles. The standard InChI is InChI=1S/C17H28N2O2/c1-4-19(5-2)11-7-8-14(3)18-12-15-9-6-10-16-17(15)21-13-20-16/h6,9-10,14,18H,4-5,7-8,11-13H2,1-3H3. The molecule has 2 rings (SSSR count). The average Bonchev–Trinajstić information content (AvgIpc) is 2.98. The van der Waals surface area contributed by atoms with E-state index in [1.807, 2.05) is 12.1 Å². The van der Waals surface area contributed by atoms with Crippen molar-refractivity contribution in [3.8, 4) is 11.5 Å². The number of ether oxygens (including phenoxy) is 2. The molecule has 1 unspecified atom stereocenters. The van der Waals surface area contributed by atoms with Gasteiger partial charge in [-0.3, -0.25) is 0 Å². The van der Waals surface area contributed by atoms with Crippen LogP contribution in [-0.4, -0.2) is 37.4 Å². The molecule has 1 aromatic carbocycles. The lowest BCUT2D eigenvalue weighted by molar-refractivity contribution is 0.173. The van der Waals surface area contributed by atoms with E-state index < -0.39 is 0 Å². The van der Waals surface area contributed by atoms with E-state index in [2.05, 4.69) is 37.1 Å². The van der Waals surface area contributed by atoms with Gasteiger partial charge in [0.15, 0.2) is 11.5 Å². The Morgan fingerprint density at radius 3 is 2.81 bits per heavy atom. The quantitative estimate of drug-likeness (QED) is 0.758. The van der Waals surface area contributed by atoms with E-state index in [4.69, 9.17) is 9.47 Å². The highest BCUT2D eigenvalue weighted by Gasteiger charge is 2.17. The minimum Gasteiger partial charge on any atom is -0.454 e. The van der Waals surface area contributed by atoms with Crippen molar-refractivity contribution in [2.24, 2.45) is 0 Å². The van der Waals surface area contributed by atoms with E-state index >= 15 is 0 Å². The zero-order chi connectivity index (χ0) is 15.1. The molecule has 0 fully saturated rings. The summed E-state index contributed by atoms with van der Waals surface area (Å²) in [6, 6.07) is 6.59. The van der Waals surface area contributed by atoms with Crippen LogP contribution in [0.5, 0.6) is 11.5 Å². The normalized spacial score (nSPS) is 14.7. The minimum absolute atomic E-state index is 0.339. The Labute approximate surface area is 128 Å². The van der Waals surface area contributed by atoms with Crippen LogP contribution in [0.3, 0.4) is 0 Å². The summed E-state index contributed by atoms with van der Waals surface area (Å²) >= 11 is 0. The Bertz CT molecular complexity index is 433. The van der Waals surface area contributed by atoms with Gasteiger partial charge in [0.25, 0.3) is 0 Å². The van der Waals surface area contributed by atoms with Crippen LogP contribution < -0.4 is 14.8 Å². The molecule has 1 heterocycles. The van der Waals surface area contributed by atoms with Crippen molar-refractivity contribution in [1.82, 2.24) is 10.2 Å². The van der Waals surface area contributed by atoms with Crippen molar-refractivity contribution in [2.45, 2.75) is 46.2 Å². The van der Waals surface area contributed by atoms with Crippen LogP contribution >= 0.6 is 0 Å². The van der Waals surface area contributed by atoms with Crippen LogP contribution in [0.4, 0.5) is 0 Å². The number of nitrogens with one attached hydrogen (secondary N) is 1. The van der Waals surface area contributed by atoms with Gasteiger partial charge < -0.3 is 19.7 Å². The highest BCUT2D eigenvalue weighted by Crippen LogP contribution is 2.35. The molecule has 1 N–H and O–H groups in total. The van der Waals surface area contributed by atoms with Crippen LogP contribution in [0.1, 0.15) is 39.2 Å². The summed E-state index contributed by atoms with van der Waals surface area (Å²) in [7, 11) is 0. The summed E-state index contributed by atoms with van der Waals surface area (Å²) in [5.41, 5.74) is 1.18. The third-order valence-electron chi connectivity index (χ3n) is 4.13. The number of rotatable bonds is 9. The third-order valence-corrected chi connectivity index (χ3v) is 4.13. The van der Waals surface area contributed by atoms with Crippen LogP contribution in [0, 0.1) is 0 Å². The maximum absolute atomic E-state index is 5.53. The van der Waals surface area contributed by atoms with Gasteiger partial charge >= 0.3 is 0 Å². The van der Waals surface area contributed by atoms with Gasteiger partial charge in [-0.25, -0.2) is 0 Å². The Hall–Kier alpha value is -1.26. The number of para-hydroxylation sites is 1. The van der Waals surface area contributed by atoms with Crippen LogP contribution in [0.2, 0.25) is 0 Å². The van der Waals surface area contributed by atoms with E-state index in [1.54, 1.807) is 0 Å². The first-order valence-electron chi connectivity index (χ1n) is 8.07. The maximum Gasteiger partial charge on any atom is 0.231 e. The van der Waals surface area contributed by atoms with Gasteiger partial charge in [-0.1, -0.05) is 26.0 Å². The van der Waals surface area contributed by atoms with Crippen molar-refractivity contribution in [3.05, 3.63) is 23.8 Å². The molecule has 0 spiro atoms. The Kier molecular flexibility index (Phi) is 6.33. The molecule has 0 bridgehead atoms. The molecule has 21 heavy (non-hydrogen) atoms. The summed E-state index contributed by atoms with van der Waals surface area (Å²) in [5, 5.41) is 3.58.